The van der Waals surface area contributed by atoms with Crippen molar-refractivity contribution >= 4 is 29.3 Å². The Bertz CT molecular complexity index is 336. The van der Waals surface area contributed by atoms with Crippen molar-refractivity contribution in [3.63, 3.8) is 0 Å². The average Bonchev–Trinajstić information content (AvgIpc) is 2.54. The third kappa shape index (κ3) is 15.4. The van der Waals surface area contributed by atoms with Crippen molar-refractivity contribution in [2.75, 3.05) is 52.7 Å². The van der Waals surface area contributed by atoms with E-state index in [-0.39, 0.29) is 24.8 Å². The standard InChI is InChI=1S/C15H28N2O6S/c1-3-22-13(18)5-9-20-11-7-16-15(24)17-8-12-21-10-6-14(19)23-4-2/h3-12H2,1-2H3,(H2,16,17,24). The summed E-state index contributed by atoms with van der Waals surface area (Å²) in [5, 5.41) is 6.44. The second kappa shape index (κ2) is 16.4. The molecule has 0 amide bonds. The first-order valence-electron chi connectivity index (χ1n) is 8.08. The topological polar surface area (TPSA) is 95.1 Å². The molecule has 24 heavy (non-hydrogen) atoms. The van der Waals surface area contributed by atoms with Gasteiger partial charge in [0.2, 0.25) is 0 Å². The van der Waals surface area contributed by atoms with Gasteiger partial charge in [0.05, 0.1) is 52.5 Å². The summed E-state index contributed by atoms with van der Waals surface area (Å²) in [5.74, 6) is -0.517. The van der Waals surface area contributed by atoms with Gasteiger partial charge in [0, 0.05) is 13.1 Å². The number of carbonyl (C=O) groups is 2. The molecule has 9 heteroatoms. The molecule has 2 N–H and O–H groups in total. The maximum Gasteiger partial charge on any atom is 0.308 e. The van der Waals surface area contributed by atoms with Crippen LogP contribution in [0.15, 0.2) is 0 Å². The average molecular weight is 364 g/mol. The number of thiocarbonyl (C=S) groups is 1. The Hall–Kier alpha value is -1.45. The number of nitrogens with one attached hydrogen (secondary N) is 2. The van der Waals surface area contributed by atoms with Crippen molar-refractivity contribution in [2.45, 2.75) is 26.7 Å². The second-order valence-corrected chi connectivity index (χ2v) is 4.93. The summed E-state index contributed by atoms with van der Waals surface area (Å²) in [5.41, 5.74) is 0. The summed E-state index contributed by atoms with van der Waals surface area (Å²) >= 11 is 5.08. The zero-order chi connectivity index (χ0) is 18.0. The van der Waals surface area contributed by atoms with Crippen LogP contribution in [0.4, 0.5) is 0 Å². The number of rotatable bonds is 14. The maximum atomic E-state index is 11.1. The van der Waals surface area contributed by atoms with Gasteiger partial charge in [-0.1, -0.05) is 0 Å². The first-order chi connectivity index (χ1) is 11.6. The molecule has 0 unspecified atom stereocenters. The molecule has 0 rings (SSSR count). The monoisotopic (exact) mass is 364 g/mol. The third-order valence-electron chi connectivity index (χ3n) is 2.58. The summed E-state index contributed by atoms with van der Waals surface area (Å²) in [6, 6.07) is 0. The molecule has 0 heterocycles. The molecule has 0 fully saturated rings. The van der Waals surface area contributed by atoms with Crippen LogP contribution in [0.5, 0.6) is 0 Å². The smallest absolute Gasteiger partial charge is 0.308 e. The van der Waals surface area contributed by atoms with Crippen LogP contribution in [0.2, 0.25) is 0 Å². The van der Waals surface area contributed by atoms with Crippen LogP contribution in [-0.4, -0.2) is 69.8 Å². The predicted octanol–water partition coefficient (Wildman–Crippen LogP) is 0.390. The minimum Gasteiger partial charge on any atom is -0.466 e. The van der Waals surface area contributed by atoms with Crippen molar-refractivity contribution in [3.05, 3.63) is 0 Å². The van der Waals surface area contributed by atoms with E-state index < -0.39 is 0 Å². The van der Waals surface area contributed by atoms with Gasteiger partial charge in [0.15, 0.2) is 5.11 Å². The molecule has 8 nitrogen and oxygen atoms in total. The number of carbonyl (C=O) groups excluding carboxylic acids is 2. The summed E-state index contributed by atoms with van der Waals surface area (Å²) in [6.07, 6.45) is 0.499. The van der Waals surface area contributed by atoms with Gasteiger partial charge in [-0.3, -0.25) is 9.59 Å². The van der Waals surface area contributed by atoms with E-state index in [9.17, 15) is 9.59 Å². The first-order valence-corrected chi connectivity index (χ1v) is 8.49. The van der Waals surface area contributed by atoms with E-state index in [1.807, 2.05) is 0 Å². The van der Waals surface area contributed by atoms with Gasteiger partial charge >= 0.3 is 11.9 Å². The van der Waals surface area contributed by atoms with Crippen molar-refractivity contribution < 1.29 is 28.5 Å². The van der Waals surface area contributed by atoms with Gasteiger partial charge < -0.3 is 29.6 Å². The lowest BCUT2D eigenvalue weighted by atomic mass is 10.4. The third-order valence-corrected chi connectivity index (χ3v) is 2.86. The molecule has 0 radical (unpaired) electrons. The van der Waals surface area contributed by atoms with Gasteiger partial charge in [0.1, 0.15) is 0 Å². The van der Waals surface area contributed by atoms with Gasteiger partial charge in [-0.25, -0.2) is 0 Å². The minimum atomic E-state index is -0.259. The lowest BCUT2D eigenvalue weighted by Crippen LogP contribution is -2.38. The highest BCUT2D eigenvalue weighted by atomic mass is 32.1. The molecule has 0 bridgehead atoms. The van der Waals surface area contributed by atoms with Crippen molar-refractivity contribution in [1.82, 2.24) is 10.6 Å². The van der Waals surface area contributed by atoms with Crippen LogP contribution >= 0.6 is 12.2 Å². The molecule has 0 atom stereocenters. The zero-order valence-electron chi connectivity index (χ0n) is 14.4. The fraction of sp³-hybridized carbons (Fsp3) is 0.800. The van der Waals surface area contributed by atoms with Gasteiger partial charge in [-0.2, -0.15) is 0 Å². The fourth-order valence-corrected chi connectivity index (χ4v) is 1.72. The largest absolute Gasteiger partial charge is 0.466 e. The molecular formula is C15H28N2O6S. The fourth-order valence-electron chi connectivity index (χ4n) is 1.52. The molecule has 140 valence electrons. The van der Waals surface area contributed by atoms with Crippen LogP contribution in [-0.2, 0) is 28.5 Å². The first kappa shape index (κ1) is 22.6. The van der Waals surface area contributed by atoms with E-state index >= 15 is 0 Å². The highest BCUT2D eigenvalue weighted by molar-refractivity contribution is 7.80. The van der Waals surface area contributed by atoms with Gasteiger partial charge in [0.25, 0.3) is 0 Å². The van der Waals surface area contributed by atoms with E-state index in [2.05, 4.69) is 10.6 Å². The van der Waals surface area contributed by atoms with E-state index in [4.69, 9.17) is 31.2 Å². The molecule has 0 aromatic rings. The predicted molar refractivity (Wildman–Crippen MR) is 92.7 cm³/mol. The number of ether oxygens (including phenoxy) is 4. The SMILES string of the molecule is CCOC(=O)CCOCCNC(=S)NCCOCCC(=O)OCC. The number of hydrogen-bond donors (Lipinski definition) is 2. The lowest BCUT2D eigenvalue weighted by Gasteiger charge is -2.11. The number of esters is 2. The Morgan fingerprint density at radius 2 is 1.21 bits per heavy atom. The van der Waals surface area contributed by atoms with Crippen molar-refractivity contribution in [2.24, 2.45) is 0 Å². The Morgan fingerprint density at radius 1 is 0.792 bits per heavy atom. The molecule has 0 aromatic heterocycles. The van der Waals surface area contributed by atoms with Crippen LogP contribution < -0.4 is 10.6 Å². The molecule has 0 aliphatic carbocycles. The van der Waals surface area contributed by atoms with Gasteiger partial charge in [-0.15, -0.1) is 0 Å². The Balaban J connectivity index is 3.32. The quantitative estimate of drug-likeness (QED) is 0.258. The molecule has 0 aliphatic rings. The molecular weight excluding hydrogens is 336 g/mol. The van der Waals surface area contributed by atoms with Crippen molar-refractivity contribution in [1.29, 1.82) is 0 Å². The lowest BCUT2D eigenvalue weighted by molar-refractivity contribution is -0.145. The highest BCUT2D eigenvalue weighted by Gasteiger charge is 2.02. The van der Waals surface area contributed by atoms with E-state index in [0.717, 1.165) is 0 Å². The molecule has 0 aromatic carbocycles. The summed E-state index contributed by atoms with van der Waals surface area (Å²) in [4.78, 5) is 22.1. The van der Waals surface area contributed by atoms with Crippen LogP contribution in [0, 0.1) is 0 Å². The van der Waals surface area contributed by atoms with E-state index in [1.165, 1.54) is 0 Å². The van der Waals surface area contributed by atoms with Crippen LogP contribution in [0.1, 0.15) is 26.7 Å². The maximum absolute atomic E-state index is 11.1. The van der Waals surface area contributed by atoms with Crippen LogP contribution in [0.3, 0.4) is 0 Å². The normalized spacial score (nSPS) is 10.1. The summed E-state index contributed by atoms with van der Waals surface area (Å²) in [6.45, 7) is 6.92. The highest BCUT2D eigenvalue weighted by Crippen LogP contribution is 1.88. The molecule has 0 saturated carbocycles. The minimum absolute atomic E-state index is 0.250. The van der Waals surface area contributed by atoms with Gasteiger partial charge in [-0.05, 0) is 26.1 Å². The molecule has 0 aliphatic heterocycles. The van der Waals surface area contributed by atoms with E-state index in [0.29, 0.717) is 57.8 Å². The molecule has 0 spiro atoms. The second-order valence-electron chi connectivity index (χ2n) is 4.52. The number of hydrogen-bond acceptors (Lipinski definition) is 7. The summed E-state index contributed by atoms with van der Waals surface area (Å²) in [7, 11) is 0. The Kier molecular flexibility index (Phi) is 15.4. The van der Waals surface area contributed by atoms with E-state index in [1.54, 1.807) is 13.8 Å². The Labute approximate surface area is 148 Å². The summed E-state index contributed by atoms with van der Waals surface area (Å²) < 4.78 is 20.1. The van der Waals surface area contributed by atoms with Crippen LogP contribution in [0.25, 0.3) is 0 Å². The Morgan fingerprint density at radius 3 is 1.58 bits per heavy atom. The zero-order valence-corrected chi connectivity index (χ0v) is 15.2. The van der Waals surface area contributed by atoms with Crippen molar-refractivity contribution in [3.8, 4) is 0 Å². The molecule has 0 saturated heterocycles.